The van der Waals surface area contributed by atoms with Crippen molar-refractivity contribution in [2.24, 2.45) is 0 Å². The fraction of sp³-hybridized carbons (Fsp3) is 0.778. The van der Waals surface area contributed by atoms with Gasteiger partial charge in [0, 0.05) is 12.8 Å². The van der Waals surface area contributed by atoms with Gasteiger partial charge in [0.25, 0.3) is 0 Å². The van der Waals surface area contributed by atoms with Crippen LogP contribution in [-0.4, -0.2) is 36.4 Å². The first-order valence-electron chi connectivity index (χ1n) is 37.8. The molecule has 0 fully saturated rings. The topological polar surface area (TPSA) is 72.8 Å². The number of esters is 2. The number of hydrogen-bond acceptors (Lipinski definition) is 5. The molecule has 0 spiro atoms. The van der Waals surface area contributed by atoms with Crippen LogP contribution in [0.1, 0.15) is 386 Å². The molecule has 0 aromatic heterocycles. The predicted octanol–water partition coefficient (Wildman–Crippen LogP) is 26.5. The van der Waals surface area contributed by atoms with E-state index >= 15 is 0 Å². The molecule has 0 radical (unpaired) electrons. The van der Waals surface area contributed by atoms with Gasteiger partial charge in [-0.25, -0.2) is 0 Å². The van der Waals surface area contributed by atoms with Crippen LogP contribution in [0, 0.1) is 0 Å². The minimum atomic E-state index is -0.776. The Labute approximate surface area is 536 Å². The summed E-state index contributed by atoms with van der Waals surface area (Å²) in [5, 5.41) is 9.72. The molecule has 0 rings (SSSR count). The van der Waals surface area contributed by atoms with Crippen molar-refractivity contribution in [3.63, 3.8) is 0 Å². The molecule has 1 unspecified atom stereocenters. The first-order valence-corrected chi connectivity index (χ1v) is 37.8. The van der Waals surface area contributed by atoms with E-state index in [1.165, 1.54) is 276 Å². The molecule has 0 saturated heterocycles. The minimum Gasteiger partial charge on any atom is -0.462 e. The molecule has 86 heavy (non-hydrogen) atoms. The normalized spacial score (nSPS) is 12.7. The van der Waals surface area contributed by atoms with Crippen LogP contribution in [0.2, 0.25) is 0 Å². The van der Waals surface area contributed by atoms with Crippen molar-refractivity contribution in [1.82, 2.24) is 0 Å². The lowest BCUT2D eigenvalue weighted by Crippen LogP contribution is -2.28. The van der Waals surface area contributed by atoms with E-state index in [0.29, 0.717) is 12.8 Å². The van der Waals surface area contributed by atoms with Gasteiger partial charge in [0.15, 0.2) is 6.10 Å². The highest BCUT2D eigenvalue weighted by Gasteiger charge is 2.16. The Hall–Kier alpha value is -3.18. The van der Waals surface area contributed by atoms with Gasteiger partial charge in [0.05, 0.1) is 6.61 Å². The Morgan fingerprint density at radius 2 is 0.500 bits per heavy atom. The number of carbonyl (C=O) groups excluding carboxylic acids is 2. The standard InChI is InChI=1S/C81H144O5/c1-3-5-7-9-11-13-15-17-19-21-23-25-27-29-31-33-35-37-39-40-42-43-45-47-49-51-53-55-57-59-61-63-65-67-69-71-73-75-80(83)85-78-79(77-82)86-81(84)76-74-72-70-68-66-64-62-60-58-56-54-52-50-48-46-44-41-38-36-34-32-30-28-26-24-22-20-18-16-14-12-10-8-6-4-2/h6,8,12,14-15,17-18,20-21,23-24,26,30,32,36,38,79,82H,3-5,7,9-11,13,16,19,22,25,27-29,31,33-35,37,39-78H2,1-2H3/b8-6-,14-12-,17-15-,20-18-,23-21-,26-24-,32-30-,38-36-. The van der Waals surface area contributed by atoms with E-state index in [9.17, 15) is 14.7 Å². The number of unbranched alkanes of at least 4 members (excludes halogenated alkanes) is 46. The van der Waals surface area contributed by atoms with Gasteiger partial charge in [-0.2, -0.15) is 0 Å². The second-order valence-corrected chi connectivity index (χ2v) is 25.3. The third-order valence-electron chi connectivity index (χ3n) is 16.9. The molecule has 1 atom stereocenters. The monoisotopic (exact) mass is 1200 g/mol. The van der Waals surface area contributed by atoms with E-state index in [1.807, 2.05) is 0 Å². The number of carbonyl (C=O) groups is 2. The first-order chi connectivity index (χ1) is 42.6. The van der Waals surface area contributed by atoms with E-state index in [1.54, 1.807) is 0 Å². The number of hydrogen-bond donors (Lipinski definition) is 1. The van der Waals surface area contributed by atoms with Crippen molar-refractivity contribution in [2.75, 3.05) is 13.2 Å². The van der Waals surface area contributed by atoms with Crippen LogP contribution >= 0.6 is 0 Å². The molecule has 5 nitrogen and oxygen atoms in total. The summed E-state index contributed by atoms with van der Waals surface area (Å²) in [6.07, 6.45) is 109. The van der Waals surface area contributed by atoms with E-state index < -0.39 is 6.10 Å². The van der Waals surface area contributed by atoms with Crippen LogP contribution in [0.4, 0.5) is 0 Å². The third kappa shape index (κ3) is 73.3. The van der Waals surface area contributed by atoms with Gasteiger partial charge in [0.2, 0.25) is 0 Å². The van der Waals surface area contributed by atoms with Gasteiger partial charge in [-0.15, -0.1) is 0 Å². The van der Waals surface area contributed by atoms with Crippen LogP contribution in [0.5, 0.6) is 0 Å². The summed E-state index contributed by atoms with van der Waals surface area (Å²) in [6, 6.07) is 0. The maximum atomic E-state index is 12.4. The number of aliphatic hydroxyl groups excluding tert-OH is 1. The predicted molar refractivity (Wildman–Crippen MR) is 380 cm³/mol. The Kier molecular flexibility index (Phi) is 73.3. The fourth-order valence-corrected chi connectivity index (χ4v) is 11.2. The molecule has 0 aliphatic rings. The number of allylic oxidation sites excluding steroid dienone is 16. The van der Waals surface area contributed by atoms with Crippen LogP contribution in [0.3, 0.4) is 0 Å². The van der Waals surface area contributed by atoms with Gasteiger partial charge in [-0.1, -0.05) is 374 Å². The Morgan fingerprint density at radius 3 is 0.756 bits per heavy atom. The highest BCUT2D eigenvalue weighted by Crippen LogP contribution is 2.19. The second-order valence-electron chi connectivity index (χ2n) is 25.3. The summed E-state index contributed by atoms with van der Waals surface area (Å²) in [5.74, 6) is -0.573. The van der Waals surface area contributed by atoms with Gasteiger partial charge in [-0.3, -0.25) is 9.59 Å². The van der Waals surface area contributed by atoms with Crippen LogP contribution in [0.25, 0.3) is 0 Å². The zero-order chi connectivity index (χ0) is 61.9. The maximum Gasteiger partial charge on any atom is 0.306 e. The smallest absolute Gasteiger partial charge is 0.306 e. The zero-order valence-electron chi connectivity index (χ0n) is 57.3. The summed E-state index contributed by atoms with van der Waals surface area (Å²) in [6.45, 7) is 4.06. The van der Waals surface area contributed by atoms with Crippen molar-refractivity contribution in [2.45, 2.75) is 392 Å². The molecule has 5 heteroatoms. The lowest BCUT2D eigenvalue weighted by molar-refractivity contribution is -0.161. The molecule has 0 saturated carbocycles. The van der Waals surface area contributed by atoms with E-state index in [-0.39, 0.29) is 25.2 Å². The fourth-order valence-electron chi connectivity index (χ4n) is 11.2. The van der Waals surface area contributed by atoms with E-state index in [4.69, 9.17) is 9.47 Å². The van der Waals surface area contributed by atoms with Crippen LogP contribution < -0.4 is 0 Å². The first kappa shape index (κ1) is 82.8. The van der Waals surface area contributed by atoms with Gasteiger partial charge >= 0.3 is 11.9 Å². The molecule has 0 bridgehead atoms. The zero-order valence-corrected chi connectivity index (χ0v) is 57.3. The summed E-state index contributed by atoms with van der Waals surface area (Å²) >= 11 is 0. The molecule has 0 aliphatic carbocycles. The van der Waals surface area contributed by atoms with Crippen molar-refractivity contribution >= 4 is 11.9 Å². The Balaban J connectivity index is 3.41. The molecular weight excluding hydrogens is 1050 g/mol. The quantitative estimate of drug-likeness (QED) is 0.0373. The van der Waals surface area contributed by atoms with Gasteiger partial charge < -0.3 is 14.6 Å². The lowest BCUT2D eigenvalue weighted by Gasteiger charge is -2.15. The van der Waals surface area contributed by atoms with E-state index in [2.05, 4.69) is 111 Å². The molecular formula is C81H144O5. The number of rotatable bonds is 70. The third-order valence-corrected chi connectivity index (χ3v) is 16.9. The molecule has 0 aromatic rings. The van der Waals surface area contributed by atoms with Gasteiger partial charge in [-0.05, 0) is 96.3 Å². The number of ether oxygens (including phenoxy) is 2. The van der Waals surface area contributed by atoms with Gasteiger partial charge in [0.1, 0.15) is 6.61 Å². The Morgan fingerprint density at radius 1 is 0.279 bits per heavy atom. The van der Waals surface area contributed by atoms with Crippen molar-refractivity contribution in [1.29, 1.82) is 0 Å². The highest BCUT2D eigenvalue weighted by atomic mass is 16.6. The summed E-state index contributed by atoms with van der Waals surface area (Å²) in [5.41, 5.74) is 0. The average Bonchev–Trinajstić information content (AvgIpc) is 3.55. The molecule has 0 heterocycles. The van der Waals surface area contributed by atoms with Crippen molar-refractivity contribution in [3.05, 3.63) is 97.2 Å². The van der Waals surface area contributed by atoms with Crippen molar-refractivity contribution in [3.8, 4) is 0 Å². The largest absolute Gasteiger partial charge is 0.462 e. The molecule has 1 N–H and O–H groups in total. The van der Waals surface area contributed by atoms with Crippen LogP contribution in [0.15, 0.2) is 97.2 Å². The lowest BCUT2D eigenvalue weighted by atomic mass is 10.0. The van der Waals surface area contributed by atoms with Crippen molar-refractivity contribution < 1.29 is 24.2 Å². The molecule has 0 aromatic carbocycles. The molecule has 498 valence electrons. The maximum absolute atomic E-state index is 12.4. The molecule has 0 amide bonds. The minimum absolute atomic E-state index is 0.0637. The SMILES string of the molecule is CC/C=C\C/C=C\C/C=C\C/C=C\C/C=C\C/C=C\CCCCCCCCCCCCCCCCCCC(=O)OC(CO)COC(=O)CCCCCCCCCCCCCCCCCCCCCCCCCCC/C=C\C/C=C\CCCCCCC. The summed E-state index contributed by atoms with van der Waals surface area (Å²) in [7, 11) is 0. The highest BCUT2D eigenvalue weighted by molar-refractivity contribution is 5.70. The summed E-state index contributed by atoms with van der Waals surface area (Å²) in [4.78, 5) is 24.7. The average molecular weight is 1200 g/mol. The summed E-state index contributed by atoms with van der Waals surface area (Å²) < 4.78 is 10.8. The second kappa shape index (κ2) is 76.1. The number of aliphatic hydroxyl groups is 1. The molecule has 0 aliphatic heterocycles. The van der Waals surface area contributed by atoms with Crippen LogP contribution in [-0.2, 0) is 19.1 Å². The Bertz CT molecular complexity index is 1600. The van der Waals surface area contributed by atoms with E-state index in [0.717, 1.165) is 83.5 Å².